The molecular formula is C18H13NO. The van der Waals surface area contributed by atoms with Crippen molar-refractivity contribution in [2.75, 3.05) is 0 Å². The van der Waals surface area contributed by atoms with Crippen molar-refractivity contribution in [2.45, 2.75) is 27.2 Å². The van der Waals surface area contributed by atoms with Crippen LogP contribution in [0.4, 0.5) is 0 Å². The summed E-state index contributed by atoms with van der Waals surface area (Å²) in [6, 6.07) is 2.46. The molecule has 0 rings (SSSR count). The van der Waals surface area contributed by atoms with E-state index in [-0.39, 0.29) is 11.8 Å². The molecule has 0 aliphatic heterocycles. The van der Waals surface area contributed by atoms with Crippen LogP contribution in [0, 0.1) is 77.1 Å². The van der Waals surface area contributed by atoms with Gasteiger partial charge in [-0.15, -0.1) is 0 Å². The maximum Gasteiger partial charge on any atom is 0.234 e. The first-order chi connectivity index (χ1) is 9.72. The highest BCUT2D eigenvalue weighted by Gasteiger charge is 2.07. The number of nitrogens with one attached hydrogen (secondary N) is 1. The summed E-state index contributed by atoms with van der Waals surface area (Å²) < 4.78 is 0. The summed E-state index contributed by atoms with van der Waals surface area (Å²) in [6.07, 6.45) is 0.774. The van der Waals surface area contributed by atoms with Gasteiger partial charge in [0.15, 0.2) is 0 Å². The van der Waals surface area contributed by atoms with Gasteiger partial charge in [0.05, 0.1) is 0 Å². The predicted octanol–water partition coefficient (Wildman–Crippen LogP) is 1.15. The molecule has 0 aromatic heterocycles. The summed E-state index contributed by atoms with van der Waals surface area (Å²) in [5.41, 5.74) is 0. The smallest absolute Gasteiger partial charge is 0.234 e. The molecule has 0 radical (unpaired) electrons. The van der Waals surface area contributed by atoms with Crippen LogP contribution in [0.1, 0.15) is 27.2 Å². The topological polar surface area (TPSA) is 29.1 Å². The van der Waals surface area contributed by atoms with Crippen molar-refractivity contribution in [3.63, 3.8) is 0 Å². The number of amides is 1. The second-order valence-electron chi connectivity index (χ2n) is 3.42. The summed E-state index contributed by atoms with van der Waals surface area (Å²) in [6.45, 7) is 5.47. The number of hydrogen-bond acceptors (Lipinski definition) is 1. The number of carbonyl (C=O) groups is 1. The van der Waals surface area contributed by atoms with E-state index in [0.717, 1.165) is 6.42 Å². The fourth-order valence-corrected chi connectivity index (χ4v) is 0.745. The summed E-state index contributed by atoms with van der Waals surface area (Å²) in [5.74, 6) is 27.5. The first-order valence-electron chi connectivity index (χ1n) is 5.94. The lowest BCUT2D eigenvalue weighted by molar-refractivity contribution is -0.123. The van der Waals surface area contributed by atoms with E-state index < -0.39 is 0 Å². The zero-order valence-corrected chi connectivity index (χ0v) is 11.7. The Bertz CT molecular complexity index is 705. The molecule has 1 amide bonds. The summed E-state index contributed by atoms with van der Waals surface area (Å²) in [7, 11) is 0. The molecule has 0 heterocycles. The fourth-order valence-electron chi connectivity index (χ4n) is 0.745. The van der Waals surface area contributed by atoms with Crippen molar-refractivity contribution >= 4 is 5.91 Å². The van der Waals surface area contributed by atoms with Gasteiger partial charge in [0.25, 0.3) is 0 Å². The first kappa shape index (κ1) is 16.8. The molecule has 0 aromatic rings. The molecule has 0 bridgehead atoms. The molecule has 1 atom stereocenters. The van der Waals surface area contributed by atoms with Crippen molar-refractivity contribution in [1.29, 1.82) is 0 Å². The minimum atomic E-state index is -0.104. The van der Waals surface area contributed by atoms with Crippen LogP contribution >= 0.6 is 0 Å². The van der Waals surface area contributed by atoms with Gasteiger partial charge in [-0.05, 0) is 42.9 Å². The standard InChI is InChI=1S/C18H13NO/c1-4-6-7-8-9-10-11-12-13-14-15-16-19-18(20)17(3)5-2/h17H,5H2,1-3H3,(H,19,20). The third-order valence-corrected chi connectivity index (χ3v) is 2.00. The Labute approximate surface area is 121 Å². The lowest BCUT2D eigenvalue weighted by Gasteiger charge is -2.03. The van der Waals surface area contributed by atoms with Gasteiger partial charge in [0, 0.05) is 41.6 Å². The van der Waals surface area contributed by atoms with E-state index in [9.17, 15) is 4.79 Å². The highest BCUT2D eigenvalue weighted by atomic mass is 16.1. The molecule has 0 fully saturated rings. The van der Waals surface area contributed by atoms with Crippen LogP contribution in [-0.2, 0) is 4.79 Å². The third-order valence-electron chi connectivity index (χ3n) is 2.00. The van der Waals surface area contributed by atoms with E-state index in [1.807, 2.05) is 13.8 Å². The van der Waals surface area contributed by atoms with Crippen molar-refractivity contribution in [3.05, 3.63) is 0 Å². The Morgan fingerprint density at radius 3 is 1.80 bits per heavy atom. The molecule has 20 heavy (non-hydrogen) atoms. The van der Waals surface area contributed by atoms with Gasteiger partial charge < -0.3 is 0 Å². The van der Waals surface area contributed by atoms with Gasteiger partial charge in [-0.2, -0.15) is 0 Å². The maximum atomic E-state index is 11.3. The second-order valence-corrected chi connectivity index (χ2v) is 3.42. The van der Waals surface area contributed by atoms with Gasteiger partial charge in [-0.3, -0.25) is 10.1 Å². The Morgan fingerprint density at radius 2 is 1.35 bits per heavy atom. The lowest BCUT2D eigenvalue weighted by atomic mass is 10.1. The highest BCUT2D eigenvalue weighted by molar-refractivity contribution is 5.80. The van der Waals surface area contributed by atoms with E-state index >= 15 is 0 Å². The van der Waals surface area contributed by atoms with Gasteiger partial charge in [0.2, 0.25) is 5.91 Å². The molecule has 2 nitrogen and oxygen atoms in total. The molecule has 0 aliphatic carbocycles. The molecule has 0 spiro atoms. The largest absolute Gasteiger partial charge is 0.284 e. The fraction of sp³-hybridized carbons (Fsp3) is 0.278. The zero-order valence-electron chi connectivity index (χ0n) is 11.7. The minimum Gasteiger partial charge on any atom is -0.284 e. The quantitative estimate of drug-likeness (QED) is 0.585. The van der Waals surface area contributed by atoms with Crippen LogP contribution in [0.15, 0.2) is 0 Å². The molecule has 0 saturated carbocycles. The van der Waals surface area contributed by atoms with E-state index in [4.69, 9.17) is 0 Å². The van der Waals surface area contributed by atoms with Crippen molar-refractivity contribution < 1.29 is 4.79 Å². The molecule has 2 heteroatoms. The van der Waals surface area contributed by atoms with Gasteiger partial charge >= 0.3 is 0 Å². The summed E-state index contributed by atoms with van der Waals surface area (Å²) in [5, 5.41) is 2.45. The van der Waals surface area contributed by atoms with Gasteiger partial charge in [-0.1, -0.05) is 19.8 Å². The Balaban J connectivity index is 4.23. The average Bonchev–Trinajstić information content (AvgIpc) is 2.47. The summed E-state index contributed by atoms with van der Waals surface area (Å²) >= 11 is 0. The van der Waals surface area contributed by atoms with E-state index in [2.05, 4.69) is 76.5 Å². The molecule has 1 unspecified atom stereocenters. The third kappa shape index (κ3) is 10.0. The molecular weight excluding hydrogens is 246 g/mol. The van der Waals surface area contributed by atoms with E-state index in [0.29, 0.717) is 0 Å². The second kappa shape index (κ2) is 12.3. The average molecular weight is 259 g/mol. The van der Waals surface area contributed by atoms with Crippen molar-refractivity contribution in [1.82, 2.24) is 5.32 Å². The maximum absolute atomic E-state index is 11.3. The van der Waals surface area contributed by atoms with Crippen molar-refractivity contribution in [3.8, 4) is 71.2 Å². The number of rotatable bonds is 2. The SMILES string of the molecule is CC#CC#CC#CC#CC#CC#CNC(=O)C(C)CC. The van der Waals surface area contributed by atoms with E-state index in [1.54, 1.807) is 6.92 Å². The predicted molar refractivity (Wildman–Crippen MR) is 79.9 cm³/mol. The van der Waals surface area contributed by atoms with Crippen LogP contribution in [0.3, 0.4) is 0 Å². The van der Waals surface area contributed by atoms with Crippen LogP contribution in [0.25, 0.3) is 0 Å². The first-order valence-corrected chi connectivity index (χ1v) is 5.94. The Kier molecular flexibility index (Phi) is 10.3. The van der Waals surface area contributed by atoms with Crippen LogP contribution in [0.5, 0.6) is 0 Å². The number of hydrogen-bond donors (Lipinski definition) is 1. The molecule has 1 N–H and O–H groups in total. The van der Waals surface area contributed by atoms with Crippen LogP contribution in [0.2, 0.25) is 0 Å². The molecule has 0 saturated heterocycles. The minimum absolute atomic E-state index is 0.0502. The highest BCUT2D eigenvalue weighted by Crippen LogP contribution is 1.98. The molecule has 96 valence electrons. The monoisotopic (exact) mass is 259 g/mol. The molecule has 0 aromatic carbocycles. The normalized spacial score (nSPS) is 7.55. The summed E-state index contributed by atoms with van der Waals surface area (Å²) in [4.78, 5) is 11.3. The van der Waals surface area contributed by atoms with E-state index in [1.165, 1.54) is 0 Å². The molecule has 0 aliphatic rings. The van der Waals surface area contributed by atoms with Gasteiger partial charge in [0.1, 0.15) is 0 Å². The Hall–Kier alpha value is -3.17. The van der Waals surface area contributed by atoms with Crippen LogP contribution in [-0.4, -0.2) is 5.91 Å². The zero-order chi connectivity index (χ0) is 15.1. The number of carbonyl (C=O) groups excluding carboxylic acids is 1. The Morgan fingerprint density at radius 1 is 0.900 bits per heavy atom. The van der Waals surface area contributed by atoms with Crippen LogP contribution < -0.4 is 5.32 Å². The van der Waals surface area contributed by atoms with Crippen molar-refractivity contribution in [2.24, 2.45) is 5.92 Å². The van der Waals surface area contributed by atoms with Gasteiger partial charge in [-0.25, -0.2) is 0 Å². The lowest BCUT2D eigenvalue weighted by Crippen LogP contribution is -2.24.